The van der Waals surface area contributed by atoms with Gasteiger partial charge in [0.2, 0.25) is 0 Å². The highest BCUT2D eigenvalue weighted by atomic mass is 16.8. The minimum atomic E-state index is -1.58. The van der Waals surface area contributed by atoms with Crippen LogP contribution in [0.3, 0.4) is 0 Å². The number of aliphatic imine (C=N–C) groups is 1. The zero-order valence-corrected chi connectivity index (χ0v) is 16.1. The molecule has 8 nitrogen and oxygen atoms in total. The molecule has 3 N–H and O–H groups in total. The van der Waals surface area contributed by atoms with Gasteiger partial charge in [-0.2, -0.15) is 10.5 Å². The van der Waals surface area contributed by atoms with Gasteiger partial charge in [-0.1, -0.05) is 12.1 Å². The summed E-state index contributed by atoms with van der Waals surface area (Å²) in [6.45, 7) is 0.593. The van der Waals surface area contributed by atoms with Crippen LogP contribution < -0.4 is 15.8 Å². The van der Waals surface area contributed by atoms with E-state index in [2.05, 4.69) is 22.4 Å². The Hall–Kier alpha value is -3.07. The van der Waals surface area contributed by atoms with Gasteiger partial charge in [0, 0.05) is 5.70 Å². The molecule has 29 heavy (non-hydrogen) atoms. The molecule has 1 saturated heterocycles. The second-order valence-corrected chi connectivity index (χ2v) is 7.72. The first kappa shape index (κ1) is 18.0. The largest absolute Gasteiger partial charge is 0.497 e. The number of amidine groups is 1. The van der Waals surface area contributed by atoms with Crippen LogP contribution in [0, 0.1) is 33.5 Å². The normalized spacial score (nSPS) is 34.0. The van der Waals surface area contributed by atoms with Crippen LogP contribution in [0.1, 0.15) is 30.9 Å². The zero-order valence-electron chi connectivity index (χ0n) is 16.1. The van der Waals surface area contributed by atoms with Crippen LogP contribution in [0.5, 0.6) is 5.75 Å². The van der Waals surface area contributed by atoms with Gasteiger partial charge in [-0.3, -0.25) is 0 Å². The SMILES string of the molecule is COc1ccc([C@H]2NC3=C(CCC3)[C@@]3(C#N)C4(N=C(N)[C@]23C#N)OCCO4)cc1. The van der Waals surface area contributed by atoms with Crippen molar-refractivity contribution in [3.8, 4) is 17.9 Å². The molecule has 0 aromatic heterocycles. The number of ether oxygens (including phenoxy) is 3. The molecule has 3 atom stereocenters. The third-order valence-corrected chi connectivity index (χ3v) is 6.63. The lowest BCUT2D eigenvalue weighted by Crippen LogP contribution is -2.63. The predicted octanol–water partition coefficient (Wildman–Crippen LogP) is 1.87. The predicted molar refractivity (Wildman–Crippen MR) is 102 cm³/mol. The van der Waals surface area contributed by atoms with Crippen molar-refractivity contribution in [2.24, 2.45) is 21.6 Å². The smallest absolute Gasteiger partial charge is 0.297 e. The summed E-state index contributed by atoms with van der Waals surface area (Å²) < 4.78 is 17.2. The fraction of sp³-hybridized carbons (Fsp3) is 0.476. The van der Waals surface area contributed by atoms with Gasteiger partial charge in [0.05, 0.1) is 38.5 Å². The van der Waals surface area contributed by atoms with Crippen LogP contribution in [0.25, 0.3) is 0 Å². The van der Waals surface area contributed by atoms with Gasteiger partial charge in [0.1, 0.15) is 11.6 Å². The van der Waals surface area contributed by atoms with Gasteiger partial charge in [-0.05, 0) is 42.5 Å². The Morgan fingerprint density at radius 2 is 1.90 bits per heavy atom. The van der Waals surface area contributed by atoms with Crippen molar-refractivity contribution in [3.05, 3.63) is 41.1 Å². The molecule has 5 rings (SSSR count). The fourth-order valence-corrected chi connectivity index (χ4v) is 5.41. The maximum Gasteiger partial charge on any atom is 0.297 e. The molecule has 3 aliphatic heterocycles. The van der Waals surface area contributed by atoms with Crippen molar-refractivity contribution in [2.45, 2.75) is 31.2 Å². The highest BCUT2D eigenvalue weighted by Gasteiger charge is 2.80. The number of benzene rings is 1. The lowest BCUT2D eigenvalue weighted by Gasteiger charge is -2.50. The van der Waals surface area contributed by atoms with Crippen LogP contribution in [0.15, 0.2) is 40.5 Å². The van der Waals surface area contributed by atoms with E-state index in [1.807, 2.05) is 24.3 Å². The van der Waals surface area contributed by atoms with Crippen LogP contribution in [-0.4, -0.2) is 32.1 Å². The van der Waals surface area contributed by atoms with Gasteiger partial charge in [0.15, 0.2) is 10.8 Å². The Labute approximate surface area is 168 Å². The summed E-state index contributed by atoms with van der Waals surface area (Å²) in [4.78, 5) is 4.53. The Morgan fingerprint density at radius 3 is 2.52 bits per heavy atom. The molecule has 0 unspecified atom stereocenters. The van der Waals surface area contributed by atoms with Gasteiger partial charge < -0.3 is 25.3 Å². The third-order valence-electron chi connectivity index (χ3n) is 6.63. The first-order valence-electron chi connectivity index (χ1n) is 9.68. The number of hydrogen-bond donors (Lipinski definition) is 2. The first-order valence-corrected chi connectivity index (χ1v) is 9.68. The van der Waals surface area contributed by atoms with E-state index in [4.69, 9.17) is 19.9 Å². The van der Waals surface area contributed by atoms with Crippen molar-refractivity contribution >= 4 is 5.84 Å². The highest BCUT2D eigenvalue weighted by molar-refractivity contribution is 5.96. The maximum atomic E-state index is 10.6. The van der Waals surface area contributed by atoms with Crippen LogP contribution in [0.2, 0.25) is 0 Å². The minimum Gasteiger partial charge on any atom is -0.497 e. The zero-order chi connectivity index (χ0) is 20.3. The second kappa shape index (κ2) is 5.96. The van der Waals surface area contributed by atoms with E-state index in [9.17, 15) is 10.5 Å². The molecular formula is C21H21N5O3. The number of nitrogens with zero attached hydrogens (tertiary/aromatic N) is 3. The van der Waals surface area contributed by atoms with Crippen molar-refractivity contribution in [1.29, 1.82) is 10.5 Å². The molecule has 148 valence electrons. The number of nitriles is 2. The molecule has 1 aromatic carbocycles. The maximum absolute atomic E-state index is 10.6. The van der Waals surface area contributed by atoms with Gasteiger partial charge in [-0.25, -0.2) is 4.99 Å². The molecule has 1 spiro atoms. The number of allylic oxidation sites excluding steroid dienone is 1. The van der Waals surface area contributed by atoms with Crippen LogP contribution >= 0.6 is 0 Å². The Balaban J connectivity index is 1.79. The van der Waals surface area contributed by atoms with E-state index in [0.29, 0.717) is 25.4 Å². The fourth-order valence-electron chi connectivity index (χ4n) is 5.41. The summed E-state index contributed by atoms with van der Waals surface area (Å²) in [6.07, 6.45) is 2.35. The number of hydrogen-bond acceptors (Lipinski definition) is 8. The number of fused-ring (bicyclic) bond motifs is 3. The highest BCUT2D eigenvalue weighted by Crippen LogP contribution is 2.68. The average molecular weight is 391 g/mol. The van der Waals surface area contributed by atoms with Gasteiger partial charge >= 0.3 is 0 Å². The molecule has 0 saturated carbocycles. The minimum absolute atomic E-state index is 0.0650. The summed E-state index contributed by atoms with van der Waals surface area (Å²) in [7, 11) is 1.60. The molecule has 0 radical (unpaired) electrons. The Bertz CT molecular complexity index is 1010. The lowest BCUT2D eigenvalue weighted by molar-refractivity contribution is -0.212. The molecule has 1 aromatic rings. The van der Waals surface area contributed by atoms with E-state index in [1.54, 1.807) is 7.11 Å². The first-order chi connectivity index (χ1) is 14.1. The molecule has 3 heterocycles. The molecule has 1 fully saturated rings. The molecule has 1 aliphatic carbocycles. The summed E-state index contributed by atoms with van der Waals surface area (Å²) in [5.41, 5.74) is 6.14. The standard InChI is InChI=1S/C21H21N5O3/c1-27-14-7-5-13(6-8-14)17-19(11-22)18(24)26-21(28-9-10-29-21)20(19,12-23)15-3-2-4-16(15)25-17/h5-8,17,25H,2-4,9-10H2,1H3,(H2,24,26)/t17-,19+,20-/m1/s1. The number of rotatable bonds is 2. The summed E-state index contributed by atoms with van der Waals surface area (Å²) in [5.74, 6) is -0.815. The van der Waals surface area contributed by atoms with Crippen LogP contribution in [0.4, 0.5) is 0 Å². The van der Waals surface area contributed by atoms with E-state index in [1.165, 1.54) is 0 Å². The van der Waals surface area contributed by atoms with Crippen molar-refractivity contribution in [2.75, 3.05) is 20.3 Å². The lowest BCUT2D eigenvalue weighted by atomic mass is 9.53. The summed E-state index contributed by atoms with van der Waals surface area (Å²) >= 11 is 0. The molecule has 4 aliphatic rings. The quantitative estimate of drug-likeness (QED) is 0.788. The summed E-state index contributed by atoms with van der Waals surface area (Å²) in [5, 5.41) is 24.7. The van der Waals surface area contributed by atoms with Crippen molar-refractivity contribution < 1.29 is 14.2 Å². The van der Waals surface area contributed by atoms with Crippen molar-refractivity contribution in [3.63, 3.8) is 0 Å². The van der Waals surface area contributed by atoms with Crippen LogP contribution in [-0.2, 0) is 9.47 Å². The topological polar surface area (TPSA) is 126 Å². The number of nitrogens with one attached hydrogen (secondary N) is 1. The van der Waals surface area contributed by atoms with E-state index < -0.39 is 22.8 Å². The monoisotopic (exact) mass is 391 g/mol. The second-order valence-electron chi connectivity index (χ2n) is 7.72. The summed E-state index contributed by atoms with van der Waals surface area (Å²) in [6, 6.07) is 11.7. The van der Waals surface area contributed by atoms with E-state index in [-0.39, 0.29) is 5.84 Å². The van der Waals surface area contributed by atoms with Crippen molar-refractivity contribution in [1.82, 2.24) is 5.32 Å². The van der Waals surface area contributed by atoms with Gasteiger partial charge in [0.25, 0.3) is 5.91 Å². The number of nitrogens with two attached hydrogens (primary N) is 1. The third kappa shape index (κ3) is 1.91. The van der Waals surface area contributed by atoms with E-state index >= 15 is 0 Å². The molecular weight excluding hydrogens is 370 g/mol. The average Bonchev–Trinajstić information content (AvgIpc) is 3.46. The Morgan fingerprint density at radius 1 is 1.17 bits per heavy atom. The molecule has 0 amide bonds. The van der Waals surface area contributed by atoms with E-state index in [0.717, 1.165) is 29.7 Å². The number of methoxy groups -OCH3 is 1. The molecule has 0 bridgehead atoms. The Kier molecular flexibility index (Phi) is 3.70. The van der Waals surface area contributed by atoms with Gasteiger partial charge in [-0.15, -0.1) is 0 Å². The molecule has 8 heteroatoms.